The maximum absolute atomic E-state index is 12.1. The molecule has 0 amide bonds. The quantitative estimate of drug-likeness (QED) is 0.618. The molecule has 0 spiro atoms. The minimum absolute atomic E-state index is 0.00160. The fourth-order valence-electron chi connectivity index (χ4n) is 2.52. The Hall–Kier alpha value is -2.50. The summed E-state index contributed by atoms with van der Waals surface area (Å²) in [6, 6.07) is 7.64. The largest absolute Gasteiger partial charge is 0.296 e. The first kappa shape index (κ1) is 12.5. The smallest absolute Gasteiger partial charge is 0.270 e. The summed E-state index contributed by atoms with van der Waals surface area (Å²) in [5.41, 5.74) is 0.998. The minimum Gasteiger partial charge on any atom is -0.296 e. The van der Waals surface area contributed by atoms with E-state index >= 15 is 0 Å². The second-order valence-corrected chi connectivity index (χ2v) is 5.12. The highest BCUT2D eigenvalue weighted by atomic mass is 16.6. The van der Waals surface area contributed by atoms with E-state index in [1.54, 1.807) is 16.7 Å². The van der Waals surface area contributed by atoms with Crippen molar-refractivity contribution >= 4 is 5.69 Å². The molecule has 3 rings (SSSR count). The SMILES string of the molecule is C[C@@H]1Cc2nc(-c3cccc([N+](=O)[O-])c3)cc(=O)n2C1. The zero-order valence-electron chi connectivity index (χ0n) is 10.9. The average Bonchev–Trinajstić information content (AvgIpc) is 2.80. The third-order valence-electron chi connectivity index (χ3n) is 3.47. The third-order valence-corrected chi connectivity index (χ3v) is 3.47. The second-order valence-electron chi connectivity index (χ2n) is 5.12. The van der Waals surface area contributed by atoms with Crippen LogP contribution in [0.2, 0.25) is 0 Å². The molecular formula is C14H13N3O3. The predicted molar refractivity (Wildman–Crippen MR) is 73.5 cm³/mol. The van der Waals surface area contributed by atoms with Gasteiger partial charge in [0.2, 0.25) is 0 Å². The number of rotatable bonds is 2. The number of nitro benzene ring substituents is 1. The van der Waals surface area contributed by atoms with Gasteiger partial charge in [0.1, 0.15) is 5.82 Å². The number of nitrogens with zero attached hydrogens (tertiary/aromatic N) is 3. The number of hydrogen-bond donors (Lipinski definition) is 0. The van der Waals surface area contributed by atoms with E-state index in [-0.39, 0.29) is 11.2 Å². The summed E-state index contributed by atoms with van der Waals surface area (Å²) in [5.74, 6) is 1.15. The van der Waals surface area contributed by atoms with Crippen molar-refractivity contribution < 1.29 is 4.92 Å². The molecule has 1 aromatic carbocycles. The summed E-state index contributed by atoms with van der Waals surface area (Å²) in [6.07, 6.45) is 0.762. The van der Waals surface area contributed by atoms with Crippen LogP contribution in [0.1, 0.15) is 12.7 Å². The monoisotopic (exact) mass is 271 g/mol. The van der Waals surface area contributed by atoms with Crippen LogP contribution in [0.25, 0.3) is 11.3 Å². The molecule has 2 aromatic rings. The molecule has 6 heteroatoms. The van der Waals surface area contributed by atoms with E-state index in [9.17, 15) is 14.9 Å². The molecule has 0 fully saturated rings. The number of hydrogen-bond acceptors (Lipinski definition) is 4. The average molecular weight is 271 g/mol. The Balaban J connectivity index is 2.10. The molecule has 20 heavy (non-hydrogen) atoms. The first-order chi connectivity index (χ1) is 9.54. The van der Waals surface area contributed by atoms with Crippen molar-refractivity contribution in [2.75, 3.05) is 0 Å². The maximum Gasteiger partial charge on any atom is 0.270 e. The molecule has 0 saturated carbocycles. The van der Waals surface area contributed by atoms with Crippen LogP contribution in [-0.2, 0) is 13.0 Å². The Morgan fingerprint density at radius 2 is 2.20 bits per heavy atom. The van der Waals surface area contributed by atoms with E-state index in [0.29, 0.717) is 23.7 Å². The molecular weight excluding hydrogens is 258 g/mol. The van der Waals surface area contributed by atoms with Crippen LogP contribution in [0.15, 0.2) is 35.1 Å². The van der Waals surface area contributed by atoms with Gasteiger partial charge in [0.15, 0.2) is 0 Å². The van der Waals surface area contributed by atoms with Crippen molar-refractivity contribution in [3.05, 3.63) is 56.6 Å². The molecule has 1 aliphatic heterocycles. The van der Waals surface area contributed by atoms with Gasteiger partial charge in [-0.3, -0.25) is 19.5 Å². The molecule has 6 nitrogen and oxygen atoms in total. The van der Waals surface area contributed by atoms with Crippen LogP contribution in [0.4, 0.5) is 5.69 Å². The maximum atomic E-state index is 12.1. The lowest BCUT2D eigenvalue weighted by atomic mass is 10.1. The molecule has 0 bridgehead atoms. The number of aromatic nitrogens is 2. The van der Waals surface area contributed by atoms with E-state index < -0.39 is 4.92 Å². The van der Waals surface area contributed by atoms with Gasteiger partial charge in [-0.05, 0) is 5.92 Å². The van der Waals surface area contributed by atoms with Gasteiger partial charge in [-0.25, -0.2) is 4.98 Å². The highest BCUT2D eigenvalue weighted by Gasteiger charge is 2.21. The Kier molecular flexibility index (Phi) is 2.85. The van der Waals surface area contributed by atoms with Crippen LogP contribution in [0.5, 0.6) is 0 Å². The lowest BCUT2D eigenvalue weighted by Gasteiger charge is -2.05. The fraction of sp³-hybridized carbons (Fsp3) is 0.286. The normalized spacial score (nSPS) is 16.9. The lowest BCUT2D eigenvalue weighted by molar-refractivity contribution is -0.384. The van der Waals surface area contributed by atoms with Crippen LogP contribution in [0.3, 0.4) is 0 Å². The molecule has 0 saturated heterocycles. The van der Waals surface area contributed by atoms with Gasteiger partial charge >= 0.3 is 0 Å². The van der Waals surface area contributed by atoms with Gasteiger partial charge in [0.25, 0.3) is 11.2 Å². The fourth-order valence-corrected chi connectivity index (χ4v) is 2.52. The summed E-state index contributed by atoms with van der Waals surface area (Å²) in [4.78, 5) is 26.9. The van der Waals surface area contributed by atoms with Gasteiger partial charge in [0, 0.05) is 36.7 Å². The van der Waals surface area contributed by atoms with Gasteiger partial charge in [0.05, 0.1) is 10.6 Å². The number of nitro groups is 1. The van der Waals surface area contributed by atoms with Crippen molar-refractivity contribution in [2.45, 2.75) is 19.9 Å². The van der Waals surface area contributed by atoms with E-state index in [4.69, 9.17) is 0 Å². The van der Waals surface area contributed by atoms with E-state index in [0.717, 1.165) is 12.2 Å². The predicted octanol–water partition coefficient (Wildman–Crippen LogP) is 2.01. The summed E-state index contributed by atoms with van der Waals surface area (Å²) in [5, 5.41) is 10.8. The first-order valence-corrected chi connectivity index (χ1v) is 6.40. The molecule has 1 aliphatic rings. The number of benzene rings is 1. The van der Waals surface area contributed by atoms with E-state index in [2.05, 4.69) is 11.9 Å². The Morgan fingerprint density at radius 1 is 1.40 bits per heavy atom. The van der Waals surface area contributed by atoms with Gasteiger partial charge < -0.3 is 0 Å². The molecule has 1 aromatic heterocycles. The molecule has 0 radical (unpaired) electrons. The third kappa shape index (κ3) is 2.09. The van der Waals surface area contributed by atoms with E-state index in [1.165, 1.54) is 18.2 Å². The van der Waals surface area contributed by atoms with Gasteiger partial charge in [-0.1, -0.05) is 19.1 Å². The first-order valence-electron chi connectivity index (χ1n) is 6.40. The Labute approximate surface area is 114 Å². The van der Waals surface area contributed by atoms with Crippen LogP contribution in [0, 0.1) is 16.0 Å². The highest BCUT2D eigenvalue weighted by Crippen LogP contribution is 2.23. The van der Waals surface area contributed by atoms with Crippen molar-refractivity contribution in [3.63, 3.8) is 0 Å². The zero-order valence-corrected chi connectivity index (χ0v) is 10.9. The highest BCUT2D eigenvalue weighted by molar-refractivity contribution is 5.62. The minimum atomic E-state index is -0.453. The summed E-state index contributed by atoms with van der Waals surface area (Å²) >= 11 is 0. The molecule has 102 valence electrons. The molecule has 0 unspecified atom stereocenters. The second kappa shape index (κ2) is 4.56. The molecule has 0 N–H and O–H groups in total. The standard InChI is InChI=1S/C14H13N3O3/c1-9-5-13-15-12(7-14(18)16(13)8-9)10-3-2-4-11(6-10)17(19)20/h2-4,6-7,9H,5,8H2,1H3/t9-/m1/s1. The van der Waals surface area contributed by atoms with Crippen molar-refractivity contribution in [1.82, 2.24) is 9.55 Å². The Morgan fingerprint density at radius 3 is 2.95 bits per heavy atom. The summed E-state index contributed by atoms with van der Waals surface area (Å²) in [7, 11) is 0. The zero-order chi connectivity index (χ0) is 14.3. The number of fused-ring (bicyclic) bond motifs is 1. The molecule has 0 aliphatic carbocycles. The van der Waals surface area contributed by atoms with Gasteiger partial charge in [-0.15, -0.1) is 0 Å². The van der Waals surface area contributed by atoms with Crippen molar-refractivity contribution in [3.8, 4) is 11.3 Å². The van der Waals surface area contributed by atoms with Crippen LogP contribution < -0.4 is 5.56 Å². The van der Waals surface area contributed by atoms with Crippen LogP contribution in [-0.4, -0.2) is 14.5 Å². The van der Waals surface area contributed by atoms with Gasteiger partial charge in [-0.2, -0.15) is 0 Å². The molecule has 1 atom stereocenters. The summed E-state index contributed by atoms with van der Waals surface area (Å²) < 4.78 is 1.67. The lowest BCUT2D eigenvalue weighted by Crippen LogP contribution is -2.20. The van der Waals surface area contributed by atoms with Crippen LogP contribution >= 0.6 is 0 Å². The van der Waals surface area contributed by atoms with Crippen molar-refractivity contribution in [2.24, 2.45) is 5.92 Å². The Bertz CT molecular complexity index is 752. The molecule has 2 heterocycles. The number of non-ortho nitro benzene ring substituents is 1. The summed E-state index contributed by atoms with van der Waals surface area (Å²) in [6.45, 7) is 2.76. The van der Waals surface area contributed by atoms with Crippen molar-refractivity contribution in [1.29, 1.82) is 0 Å². The topological polar surface area (TPSA) is 78.0 Å². The van der Waals surface area contributed by atoms with E-state index in [1.807, 2.05) is 0 Å².